The van der Waals surface area contributed by atoms with Crippen LogP contribution in [0.15, 0.2) is 18.2 Å². The largest absolute Gasteiger partial charge is 0.351 e. The van der Waals surface area contributed by atoms with Crippen molar-refractivity contribution in [3.8, 4) is 0 Å². The predicted octanol–water partition coefficient (Wildman–Crippen LogP) is 2.97. The minimum atomic E-state index is -0.0490. The van der Waals surface area contributed by atoms with Crippen molar-refractivity contribution in [1.82, 2.24) is 5.32 Å². The number of carbonyl (C=O) groups is 1. The van der Waals surface area contributed by atoms with E-state index in [9.17, 15) is 4.79 Å². The number of hydrogen-bond acceptors (Lipinski definition) is 2. The van der Waals surface area contributed by atoms with Crippen LogP contribution in [0.4, 0.5) is 0 Å². The van der Waals surface area contributed by atoms with Crippen LogP contribution in [0.3, 0.4) is 0 Å². The summed E-state index contributed by atoms with van der Waals surface area (Å²) in [5.74, 6) is -0.0490. The monoisotopic (exact) mass is 276 g/mol. The Morgan fingerprint density at radius 2 is 1.45 bits per heavy atom. The SMILES string of the molecule is CC(C)(C)c1cc(C(=O)NCCN)cc(C(C)(C)C)c1. The second-order valence-corrected chi connectivity index (χ2v) is 7.34. The van der Waals surface area contributed by atoms with Crippen molar-refractivity contribution >= 4 is 5.91 Å². The summed E-state index contributed by atoms with van der Waals surface area (Å²) in [4.78, 5) is 12.2. The summed E-state index contributed by atoms with van der Waals surface area (Å²) < 4.78 is 0. The molecule has 1 amide bonds. The quantitative estimate of drug-likeness (QED) is 0.891. The fourth-order valence-electron chi connectivity index (χ4n) is 1.91. The van der Waals surface area contributed by atoms with Gasteiger partial charge in [0, 0.05) is 18.7 Å². The first kappa shape index (κ1) is 16.7. The summed E-state index contributed by atoms with van der Waals surface area (Å²) in [6.07, 6.45) is 0. The summed E-state index contributed by atoms with van der Waals surface area (Å²) in [6.45, 7) is 13.9. The molecule has 0 heterocycles. The second-order valence-electron chi connectivity index (χ2n) is 7.34. The Balaban J connectivity index is 3.27. The average molecular weight is 276 g/mol. The van der Waals surface area contributed by atoms with Crippen LogP contribution in [0.25, 0.3) is 0 Å². The molecule has 0 aliphatic carbocycles. The summed E-state index contributed by atoms with van der Waals surface area (Å²) in [6, 6.07) is 6.18. The van der Waals surface area contributed by atoms with Crippen molar-refractivity contribution in [1.29, 1.82) is 0 Å². The van der Waals surface area contributed by atoms with Crippen molar-refractivity contribution in [2.45, 2.75) is 52.4 Å². The minimum absolute atomic E-state index is 0.0180. The van der Waals surface area contributed by atoms with Crippen LogP contribution in [0.5, 0.6) is 0 Å². The Morgan fingerprint density at radius 1 is 1.00 bits per heavy atom. The van der Waals surface area contributed by atoms with E-state index in [1.807, 2.05) is 12.1 Å². The lowest BCUT2D eigenvalue weighted by atomic mass is 9.79. The lowest BCUT2D eigenvalue weighted by molar-refractivity contribution is 0.0954. The Morgan fingerprint density at radius 3 is 1.80 bits per heavy atom. The average Bonchev–Trinajstić information content (AvgIpc) is 2.33. The molecule has 0 bridgehead atoms. The Kier molecular flexibility index (Phi) is 4.98. The number of nitrogens with two attached hydrogens (primary N) is 1. The molecule has 0 unspecified atom stereocenters. The molecule has 1 aromatic rings. The van der Waals surface area contributed by atoms with Gasteiger partial charge in [0.25, 0.3) is 5.91 Å². The first-order valence-electron chi connectivity index (χ1n) is 7.20. The zero-order chi connectivity index (χ0) is 15.6. The van der Waals surface area contributed by atoms with E-state index in [0.717, 1.165) is 5.56 Å². The van der Waals surface area contributed by atoms with Crippen molar-refractivity contribution in [3.63, 3.8) is 0 Å². The summed E-state index contributed by atoms with van der Waals surface area (Å²) in [5, 5.41) is 2.84. The highest BCUT2D eigenvalue weighted by molar-refractivity contribution is 5.94. The minimum Gasteiger partial charge on any atom is -0.351 e. The highest BCUT2D eigenvalue weighted by atomic mass is 16.1. The Hall–Kier alpha value is -1.35. The molecule has 0 saturated carbocycles. The van der Waals surface area contributed by atoms with E-state index in [1.165, 1.54) is 11.1 Å². The van der Waals surface area contributed by atoms with E-state index in [1.54, 1.807) is 0 Å². The van der Waals surface area contributed by atoms with Gasteiger partial charge in [-0.05, 0) is 34.1 Å². The smallest absolute Gasteiger partial charge is 0.251 e. The van der Waals surface area contributed by atoms with Crippen LogP contribution in [-0.4, -0.2) is 19.0 Å². The molecule has 0 aliphatic heterocycles. The lowest BCUT2D eigenvalue weighted by Crippen LogP contribution is -2.29. The predicted molar refractivity (Wildman–Crippen MR) is 85.2 cm³/mol. The van der Waals surface area contributed by atoms with Crippen molar-refractivity contribution in [2.24, 2.45) is 5.73 Å². The molecule has 0 aromatic heterocycles. The van der Waals surface area contributed by atoms with E-state index in [4.69, 9.17) is 5.73 Å². The fourth-order valence-corrected chi connectivity index (χ4v) is 1.91. The molecule has 0 radical (unpaired) electrons. The standard InChI is InChI=1S/C17H28N2O/c1-16(2,3)13-9-12(15(20)19-8-7-18)10-14(11-13)17(4,5)6/h9-11H,7-8,18H2,1-6H3,(H,19,20). The maximum atomic E-state index is 12.2. The third-order valence-electron chi connectivity index (χ3n) is 3.36. The highest BCUT2D eigenvalue weighted by Crippen LogP contribution is 2.30. The first-order valence-corrected chi connectivity index (χ1v) is 7.20. The van der Waals surface area contributed by atoms with Gasteiger partial charge in [0.15, 0.2) is 0 Å². The van der Waals surface area contributed by atoms with E-state index in [0.29, 0.717) is 13.1 Å². The normalized spacial score (nSPS) is 12.3. The summed E-state index contributed by atoms with van der Waals surface area (Å²) in [7, 11) is 0. The van der Waals surface area contributed by atoms with Crippen molar-refractivity contribution < 1.29 is 4.79 Å². The van der Waals surface area contributed by atoms with Gasteiger partial charge in [-0.25, -0.2) is 0 Å². The molecule has 0 saturated heterocycles. The molecule has 1 aromatic carbocycles. The molecule has 0 spiro atoms. The number of nitrogens with one attached hydrogen (secondary N) is 1. The molecular formula is C17H28N2O. The van der Waals surface area contributed by atoms with E-state index < -0.39 is 0 Å². The van der Waals surface area contributed by atoms with Crippen LogP contribution < -0.4 is 11.1 Å². The number of benzene rings is 1. The molecular weight excluding hydrogens is 248 g/mol. The summed E-state index contributed by atoms with van der Waals surface area (Å²) >= 11 is 0. The molecule has 3 nitrogen and oxygen atoms in total. The van der Waals surface area contributed by atoms with Crippen LogP contribution >= 0.6 is 0 Å². The summed E-state index contributed by atoms with van der Waals surface area (Å²) in [5.41, 5.74) is 8.56. The van der Waals surface area contributed by atoms with Gasteiger partial charge in [0.2, 0.25) is 0 Å². The van der Waals surface area contributed by atoms with Gasteiger partial charge in [-0.1, -0.05) is 47.6 Å². The number of amides is 1. The molecule has 1 rings (SSSR count). The van der Waals surface area contributed by atoms with E-state index in [-0.39, 0.29) is 16.7 Å². The second kappa shape index (κ2) is 5.96. The van der Waals surface area contributed by atoms with Crippen molar-refractivity contribution in [2.75, 3.05) is 13.1 Å². The van der Waals surface area contributed by atoms with Gasteiger partial charge in [-0.3, -0.25) is 4.79 Å². The lowest BCUT2D eigenvalue weighted by Gasteiger charge is -2.26. The van der Waals surface area contributed by atoms with Gasteiger partial charge in [0.05, 0.1) is 0 Å². The topological polar surface area (TPSA) is 55.1 Å². The Bertz CT molecular complexity index is 446. The van der Waals surface area contributed by atoms with Gasteiger partial charge in [-0.2, -0.15) is 0 Å². The molecule has 3 N–H and O–H groups in total. The number of rotatable bonds is 3. The Labute approximate surface area is 122 Å². The van der Waals surface area contributed by atoms with Crippen LogP contribution in [0.2, 0.25) is 0 Å². The zero-order valence-electron chi connectivity index (χ0n) is 13.6. The highest BCUT2D eigenvalue weighted by Gasteiger charge is 2.22. The first-order chi connectivity index (χ1) is 9.05. The number of carbonyl (C=O) groups excluding carboxylic acids is 1. The third-order valence-corrected chi connectivity index (χ3v) is 3.36. The third kappa shape index (κ3) is 4.34. The van der Waals surface area contributed by atoms with Gasteiger partial charge in [-0.15, -0.1) is 0 Å². The molecule has 0 aliphatic rings. The van der Waals surface area contributed by atoms with E-state index in [2.05, 4.69) is 52.9 Å². The van der Waals surface area contributed by atoms with Gasteiger partial charge < -0.3 is 11.1 Å². The van der Waals surface area contributed by atoms with Gasteiger partial charge >= 0.3 is 0 Å². The van der Waals surface area contributed by atoms with Crippen LogP contribution in [-0.2, 0) is 10.8 Å². The van der Waals surface area contributed by atoms with Gasteiger partial charge in [0.1, 0.15) is 0 Å². The molecule has 20 heavy (non-hydrogen) atoms. The van der Waals surface area contributed by atoms with E-state index >= 15 is 0 Å². The molecule has 3 heteroatoms. The zero-order valence-corrected chi connectivity index (χ0v) is 13.6. The molecule has 112 valence electrons. The molecule has 0 fully saturated rings. The van der Waals surface area contributed by atoms with Crippen molar-refractivity contribution in [3.05, 3.63) is 34.9 Å². The number of hydrogen-bond donors (Lipinski definition) is 2. The maximum absolute atomic E-state index is 12.2. The van der Waals surface area contributed by atoms with Crippen LogP contribution in [0.1, 0.15) is 63.0 Å². The molecule has 0 atom stereocenters. The van der Waals surface area contributed by atoms with Crippen LogP contribution in [0, 0.1) is 0 Å². The fraction of sp³-hybridized carbons (Fsp3) is 0.588. The maximum Gasteiger partial charge on any atom is 0.251 e.